The van der Waals surface area contributed by atoms with Crippen LogP contribution in [0.25, 0.3) is 0 Å². The summed E-state index contributed by atoms with van der Waals surface area (Å²) in [4.78, 5) is 37.5. The fraction of sp³-hybridized carbons (Fsp3) is 0.250. The van der Waals surface area contributed by atoms with Crippen molar-refractivity contribution in [1.29, 1.82) is 0 Å². The third-order valence-electron chi connectivity index (χ3n) is 4.50. The van der Waals surface area contributed by atoms with E-state index in [1.165, 1.54) is 0 Å². The number of hydrogen-bond acceptors (Lipinski definition) is 4. The van der Waals surface area contributed by atoms with Gasteiger partial charge in [-0.15, -0.1) is 0 Å². The minimum atomic E-state index is -0.529. The summed E-state index contributed by atoms with van der Waals surface area (Å²) in [6.07, 6.45) is 0.769. The van der Waals surface area contributed by atoms with Crippen LogP contribution in [0.3, 0.4) is 0 Å². The van der Waals surface area contributed by atoms with Gasteiger partial charge in [-0.2, -0.15) is 0 Å². The molecule has 0 aromatic heterocycles. The Hall–Kier alpha value is -2.95. The molecular formula is C20H19NO4. The lowest BCUT2D eigenvalue weighted by Crippen LogP contribution is -2.30. The number of ether oxygens (including phenoxy) is 1. The minimum Gasteiger partial charge on any atom is -0.425 e. The number of rotatable bonds is 5. The molecule has 0 bridgehead atoms. The molecular weight excluding hydrogens is 318 g/mol. The summed E-state index contributed by atoms with van der Waals surface area (Å²) >= 11 is 0. The van der Waals surface area contributed by atoms with Gasteiger partial charge in [-0.05, 0) is 24.6 Å². The van der Waals surface area contributed by atoms with E-state index in [-0.39, 0.29) is 24.1 Å². The Morgan fingerprint density at radius 1 is 1.16 bits per heavy atom. The van der Waals surface area contributed by atoms with Crippen LogP contribution in [0, 0.1) is 5.92 Å². The summed E-state index contributed by atoms with van der Waals surface area (Å²) in [7, 11) is 0. The van der Waals surface area contributed by atoms with Crippen molar-refractivity contribution < 1.29 is 19.1 Å². The number of carbonyl (C=O) groups is 3. The summed E-state index contributed by atoms with van der Waals surface area (Å²) < 4.78 is 5.35. The first-order valence-electron chi connectivity index (χ1n) is 8.20. The summed E-state index contributed by atoms with van der Waals surface area (Å²) in [6, 6.07) is 16.1. The minimum absolute atomic E-state index is 0.0676. The molecule has 3 rings (SSSR count). The second kappa shape index (κ2) is 7.30. The van der Waals surface area contributed by atoms with Crippen molar-refractivity contribution >= 4 is 18.2 Å². The number of amides is 1. The third kappa shape index (κ3) is 3.60. The maximum atomic E-state index is 12.4. The second-order valence-corrected chi connectivity index (χ2v) is 6.11. The lowest BCUT2D eigenvalue weighted by molar-refractivity contribution is -0.139. The molecule has 2 aromatic rings. The van der Waals surface area contributed by atoms with Gasteiger partial charge in [0.1, 0.15) is 5.75 Å². The molecule has 128 valence electrons. The quantitative estimate of drug-likeness (QED) is 0.478. The van der Waals surface area contributed by atoms with Gasteiger partial charge in [0, 0.05) is 13.0 Å². The van der Waals surface area contributed by atoms with Crippen LogP contribution in [0.4, 0.5) is 0 Å². The van der Waals surface area contributed by atoms with Crippen LogP contribution >= 0.6 is 0 Å². The topological polar surface area (TPSA) is 63.7 Å². The molecule has 1 amide bonds. The molecule has 0 spiro atoms. The van der Waals surface area contributed by atoms with Crippen molar-refractivity contribution in [3.8, 4) is 5.75 Å². The molecule has 1 saturated heterocycles. The Morgan fingerprint density at radius 2 is 1.84 bits per heavy atom. The number of aldehydes is 1. The van der Waals surface area contributed by atoms with Gasteiger partial charge in [-0.1, -0.05) is 42.5 Å². The molecule has 1 fully saturated rings. The molecule has 25 heavy (non-hydrogen) atoms. The lowest BCUT2D eigenvalue weighted by atomic mass is 10.1. The van der Waals surface area contributed by atoms with Gasteiger partial charge in [0.25, 0.3) is 0 Å². The standard InChI is InChI=1S/C20H19NO4/c1-14(15-7-3-2-4-8-15)21-12-17(11-19(21)23)20(24)25-18-10-6-5-9-16(18)13-22/h2-10,13-14,17H,11-12H2,1H3/t14-,17+/m1/s1. The molecule has 1 aliphatic heterocycles. The molecule has 5 nitrogen and oxygen atoms in total. The maximum absolute atomic E-state index is 12.4. The van der Waals surface area contributed by atoms with E-state index in [2.05, 4.69) is 0 Å². The molecule has 2 aromatic carbocycles. The van der Waals surface area contributed by atoms with E-state index in [1.54, 1.807) is 29.2 Å². The Morgan fingerprint density at radius 3 is 2.56 bits per heavy atom. The number of likely N-dealkylation sites (tertiary alicyclic amines) is 1. The van der Waals surface area contributed by atoms with E-state index >= 15 is 0 Å². The van der Waals surface area contributed by atoms with Gasteiger partial charge >= 0.3 is 5.97 Å². The second-order valence-electron chi connectivity index (χ2n) is 6.11. The van der Waals surface area contributed by atoms with Crippen LogP contribution in [0.15, 0.2) is 54.6 Å². The maximum Gasteiger partial charge on any atom is 0.316 e. The highest BCUT2D eigenvalue weighted by molar-refractivity contribution is 5.89. The first kappa shape index (κ1) is 16.9. The first-order valence-corrected chi connectivity index (χ1v) is 8.20. The zero-order chi connectivity index (χ0) is 17.8. The van der Waals surface area contributed by atoms with Crippen molar-refractivity contribution in [3.63, 3.8) is 0 Å². The molecule has 1 heterocycles. The number of para-hydroxylation sites is 1. The highest BCUT2D eigenvalue weighted by atomic mass is 16.5. The normalized spacial score (nSPS) is 18.0. The van der Waals surface area contributed by atoms with E-state index in [0.717, 1.165) is 5.56 Å². The number of carbonyl (C=O) groups excluding carboxylic acids is 3. The van der Waals surface area contributed by atoms with E-state index in [1.807, 2.05) is 37.3 Å². The fourth-order valence-corrected chi connectivity index (χ4v) is 3.04. The summed E-state index contributed by atoms with van der Waals surface area (Å²) in [5, 5.41) is 0. The lowest BCUT2D eigenvalue weighted by Gasteiger charge is -2.25. The monoisotopic (exact) mass is 337 g/mol. The number of esters is 1. The third-order valence-corrected chi connectivity index (χ3v) is 4.50. The van der Waals surface area contributed by atoms with Gasteiger partial charge in [-0.3, -0.25) is 14.4 Å². The van der Waals surface area contributed by atoms with Crippen LogP contribution in [0.5, 0.6) is 5.75 Å². The average molecular weight is 337 g/mol. The molecule has 5 heteroatoms. The zero-order valence-electron chi connectivity index (χ0n) is 13.9. The van der Waals surface area contributed by atoms with Crippen molar-refractivity contribution in [1.82, 2.24) is 4.90 Å². The van der Waals surface area contributed by atoms with Gasteiger partial charge in [0.15, 0.2) is 6.29 Å². The largest absolute Gasteiger partial charge is 0.425 e. The fourth-order valence-electron chi connectivity index (χ4n) is 3.04. The Kier molecular flexibility index (Phi) is 4.93. The van der Waals surface area contributed by atoms with Crippen LogP contribution in [0.2, 0.25) is 0 Å². The number of nitrogens with zero attached hydrogens (tertiary/aromatic N) is 1. The predicted octanol–water partition coefficient (Wildman–Crippen LogP) is 3.01. The number of benzene rings is 2. The molecule has 0 aliphatic carbocycles. The van der Waals surface area contributed by atoms with E-state index in [9.17, 15) is 14.4 Å². The highest BCUT2D eigenvalue weighted by Crippen LogP contribution is 2.29. The van der Waals surface area contributed by atoms with Crippen molar-refractivity contribution in [2.24, 2.45) is 5.92 Å². The SMILES string of the molecule is C[C@H](c1ccccc1)N1C[C@@H](C(=O)Oc2ccccc2C=O)CC1=O. The summed E-state index contributed by atoms with van der Waals surface area (Å²) in [5.74, 6) is -0.852. The van der Waals surface area contributed by atoms with Crippen LogP contribution in [-0.4, -0.2) is 29.6 Å². The van der Waals surface area contributed by atoms with Crippen LogP contribution in [0.1, 0.15) is 35.3 Å². The molecule has 2 atom stereocenters. The van der Waals surface area contributed by atoms with E-state index < -0.39 is 11.9 Å². The molecule has 0 N–H and O–H groups in total. The van der Waals surface area contributed by atoms with Crippen molar-refractivity contribution in [2.75, 3.05) is 6.54 Å². The van der Waals surface area contributed by atoms with E-state index in [4.69, 9.17) is 4.74 Å². The van der Waals surface area contributed by atoms with Gasteiger partial charge in [0.05, 0.1) is 17.5 Å². The van der Waals surface area contributed by atoms with E-state index in [0.29, 0.717) is 18.4 Å². The predicted molar refractivity (Wildman–Crippen MR) is 92.1 cm³/mol. The molecule has 0 saturated carbocycles. The highest BCUT2D eigenvalue weighted by Gasteiger charge is 2.38. The van der Waals surface area contributed by atoms with Crippen molar-refractivity contribution in [3.05, 3.63) is 65.7 Å². The Balaban J connectivity index is 1.69. The number of hydrogen-bond donors (Lipinski definition) is 0. The summed E-state index contributed by atoms with van der Waals surface area (Å²) in [5.41, 5.74) is 1.34. The zero-order valence-corrected chi connectivity index (χ0v) is 13.9. The van der Waals surface area contributed by atoms with Crippen LogP contribution in [-0.2, 0) is 9.59 Å². The molecule has 0 unspecified atom stereocenters. The first-order chi connectivity index (χ1) is 12.1. The van der Waals surface area contributed by atoms with Crippen LogP contribution < -0.4 is 4.74 Å². The Bertz CT molecular complexity index is 787. The Labute approximate surface area is 146 Å². The molecule has 1 aliphatic rings. The van der Waals surface area contributed by atoms with Gasteiger partial charge in [0.2, 0.25) is 5.91 Å². The van der Waals surface area contributed by atoms with Crippen molar-refractivity contribution in [2.45, 2.75) is 19.4 Å². The smallest absolute Gasteiger partial charge is 0.316 e. The summed E-state index contributed by atoms with van der Waals surface area (Å²) in [6.45, 7) is 2.26. The van der Waals surface area contributed by atoms with Gasteiger partial charge < -0.3 is 9.64 Å². The molecule has 0 radical (unpaired) electrons. The average Bonchev–Trinajstić information content (AvgIpc) is 3.04. The van der Waals surface area contributed by atoms with Gasteiger partial charge in [-0.25, -0.2) is 0 Å².